The molecule has 0 aliphatic rings. The van der Waals surface area contributed by atoms with Crippen molar-refractivity contribution in [3.8, 4) is 11.3 Å². The van der Waals surface area contributed by atoms with E-state index in [1.165, 1.54) is 11.1 Å². The molecule has 4 heteroatoms. The van der Waals surface area contributed by atoms with Gasteiger partial charge in [0, 0.05) is 10.6 Å². The highest BCUT2D eigenvalue weighted by molar-refractivity contribution is 7.98. The Balaban J connectivity index is 1.54. The molecule has 0 saturated carbocycles. The summed E-state index contributed by atoms with van der Waals surface area (Å²) in [6.07, 6.45) is 1.80. The molecular formula is C23H18ClNOS. The van der Waals surface area contributed by atoms with E-state index in [0.717, 1.165) is 22.2 Å². The van der Waals surface area contributed by atoms with Gasteiger partial charge in [-0.15, -0.1) is 11.8 Å². The van der Waals surface area contributed by atoms with Gasteiger partial charge < -0.3 is 4.42 Å². The van der Waals surface area contributed by atoms with Gasteiger partial charge in [0.25, 0.3) is 0 Å². The zero-order valence-corrected chi connectivity index (χ0v) is 16.2. The van der Waals surface area contributed by atoms with Gasteiger partial charge in [-0.1, -0.05) is 84.4 Å². The molecule has 0 bridgehead atoms. The van der Waals surface area contributed by atoms with Crippen molar-refractivity contribution in [3.63, 3.8) is 0 Å². The zero-order chi connectivity index (χ0) is 18.5. The first-order valence-electron chi connectivity index (χ1n) is 8.72. The number of nitrogens with zero attached hydrogens (tertiary/aromatic N) is 1. The van der Waals surface area contributed by atoms with Crippen LogP contribution in [0.4, 0.5) is 0 Å². The van der Waals surface area contributed by atoms with Crippen molar-refractivity contribution in [2.75, 3.05) is 0 Å². The Morgan fingerprint density at radius 2 is 1.44 bits per heavy atom. The third-order valence-corrected chi connectivity index (χ3v) is 5.80. The number of aromatic nitrogens is 1. The number of benzene rings is 3. The van der Waals surface area contributed by atoms with Gasteiger partial charge in [-0.2, -0.15) is 0 Å². The Bertz CT molecular complexity index is 984. The first kappa shape index (κ1) is 17.9. The number of halogens is 1. The summed E-state index contributed by atoms with van der Waals surface area (Å²) in [6, 6.07) is 28.5. The van der Waals surface area contributed by atoms with Crippen LogP contribution in [0, 0.1) is 0 Å². The monoisotopic (exact) mass is 391 g/mol. The molecule has 0 aliphatic carbocycles. The summed E-state index contributed by atoms with van der Waals surface area (Å²) < 4.78 is 5.96. The average molecular weight is 392 g/mol. The lowest BCUT2D eigenvalue weighted by Gasteiger charge is -2.17. The standard InChI is InChI=1S/C23H18ClNOS/c24-20-13-11-19(12-14-20)23(18-9-5-2-6-10-18)27-16-22-25-15-21(26-22)17-7-3-1-4-8-17/h1-15,23H,16H2/t23-/m0/s1. The predicted octanol–water partition coefficient (Wildman–Crippen LogP) is 7.02. The highest BCUT2D eigenvalue weighted by Gasteiger charge is 2.16. The lowest BCUT2D eigenvalue weighted by Crippen LogP contribution is -1.97. The Labute approximate surface area is 168 Å². The van der Waals surface area contributed by atoms with Crippen molar-refractivity contribution in [2.45, 2.75) is 11.0 Å². The first-order valence-corrected chi connectivity index (χ1v) is 10.1. The van der Waals surface area contributed by atoms with Gasteiger partial charge in [0.2, 0.25) is 5.89 Å². The fourth-order valence-electron chi connectivity index (χ4n) is 2.92. The van der Waals surface area contributed by atoms with Gasteiger partial charge in [-0.3, -0.25) is 0 Å². The predicted molar refractivity (Wildman–Crippen MR) is 113 cm³/mol. The molecule has 1 heterocycles. The summed E-state index contributed by atoms with van der Waals surface area (Å²) in [4.78, 5) is 4.46. The number of rotatable bonds is 6. The fourth-order valence-corrected chi connectivity index (χ4v) is 4.19. The average Bonchev–Trinajstić information content (AvgIpc) is 3.20. The maximum atomic E-state index is 6.06. The van der Waals surface area contributed by atoms with E-state index in [-0.39, 0.29) is 5.25 Å². The van der Waals surface area contributed by atoms with Crippen LogP contribution < -0.4 is 0 Å². The Hall–Kier alpha value is -2.49. The van der Waals surface area contributed by atoms with Gasteiger partial charge in [-0.05, 0) is 23.3 Å². The molecule has 0 fully saturated rings. The fraction of sp³-hybridized carbons (Fsp3) is 0.0870. The Morgan fingerprint density at radius 3 is 2.15 bits per heavy atom. The summed E-state index contributed by atoms with van der Waals surface area (Å²) >= 11 is 7.86. The Kier molecular flexibility index (Phi) is 5.61. The molecule has 0 saturated heterocycles. The van der Waals surface area contributed by atoms with Gasteiger partial charge in [-0.25, -0.2) is 4.98 Å². The number of hydrogen-bond acceptors (Lipinski definition) is 3. The molecular weight excluding hydrogens is 374 g/mol. The van der Waals surface area contributed by atoms with Crippen LogP contribution in [0.1, 0.15) is 22.3 Å². The molecule has 3 aromatic carbocycles. The molecule has 0 amide bonds. The summed E-state index contributed by atoms with van der Waals surface area (Å²) in [5.41, 5.74) is 3.50. The molecule has 0 aliphatic heterocycles. The molecule has 2 nitrogen and oxygen atoms in total. The van der Waals surface area contributed by atoms with E-state index in [2.05, 4.69) is 41.4 Å². The molecule has 1 atom stereocenters. The SMILES string of the molecule is Clc1ccc([C@@H](SCc2ncc(-c3ccccc3)o2)c2ccccc2)cc1. The molecule has 0 unspecified atom stereocenters. The van der Waals surface area contributed by atoms with Crippen LogP contribution >= 0.6 is 23.4 Å². The van der Waals surface area contributed by atoms with E-state index in [0.29, 0.717) is 5.75 Å². The summed E-state index contributed by atoms with van der Waals surface area (Å²) in [5.74, 6) is 2.22. The minimum atomic E-state index is 0.190. The second-order valence-electron chi connectivity index (χ2n) is 6.14. The third-order valence-electron chi connectivity index (χ3n) is 4.26. The summed E-state index contributed by atoms with van der Waals surface area (Å²) in [7, 11) is 0. The van der Waals surface area contributed by atoms with Gasteiger partial charge in [0.05, 0.1) is 17.2 Å². The maximum Gasteiger partial charge on any atom is 0.204 e. The molecule has 0 N–H and O–H groups in total. The highest BCUT2D eigenvalue weighted by atomic mass is 35.5. The van der Waals surface area contributed by atoms with Crippen LogP contribution in [-0.4, -0.2) is 4.98 Å². The van der Waals surface area contributed by atoms with Crippen molar-refractivity contribution in [2.24, 2.45) is 0 Å². The van der Waals surface area contributed by atoms with E-state index in [9.17, 15) is 0 Å². The summed E-state index contributed by atoms with van der Waals surface area (Å²) in [6.45, 7) is 0. The lowest BCUT2D eigenvalue weighted by molar-refractivity contribution is 0.530. The maximum absolute atomic E-state index is 6.06. The highest BCUT2D eigenvalue weighted by Crippen LogP contribution is 2.38. The number of oxazole rings is 1. The zero-order valence-electron chi connectivity index (χ0n) is 14.6. The van der Waals surface area contributed by atoms with E-state index in [4.69, 9.17) is 16.0 Å². The first-order chi connectivity index (χ1) is 13.3. The molecule has 0 radical (unpaired) electrons. The number of hydrogen-bond donors (Lipinski definition) is 0. The second kappa shape index (κ2) is 8.47. The molecule has 0 spiro atoms. The molecule has 4 aromatic rings. The van der Waals surface area contributed by atoms with Gasteiger partial charge in [0.15, 0.2) is 5.76 Å². The van der Waals surface area contributed by atoms with E-state index in [1.54, 1.807) is 18.0 Å². The normalized spacial score (nSPS) is 12.0. The topological polar surface area (TPSA) is 26.0 Å². The van der Waals surface area contributed by atoms with E-state index >= 15 is 0 Å². The van der Waals surface area contributed by atoms with Crippen LogP contribution in [0.5, 0.6) is 0 Å². The van der Waals surface area contributed by atoms with Crippen molar-refractivity contribution in [3.05, 3.63) is 113 Å². The summed E-state index contributed by atoms with van der Waals surface area (Å²) in [5, 5.41) is 0.936. The van der Waals surface area contributed by atoms with Gasteiger partial charge >= 0.3 is 0 Å². The quantitative estimate of drug-likeness (QED) is 0.353. The number of thioether (sulfide) groups is 1. The van der Waals surface area contributed by atoms with Crippen LogP contribution in [0.15, 0.2) is 95.5 Å². The van der Waals surface area contributed by atoms with E-state index in [1.807, 2.05) is 48.5 Å². The van der Waals surface area contributed by atoms with Crippen LogP contribution in [0.3, 0.4) is 0 Å². The largest absolute Gasteiger partial charge is 0.440 e. The van der Waals surface area contributed by atoms with Crippen LogP contribution in [-0.2, 0) is 5.75 Å². The van der Waals surface area contributed by atoms with Crippen molar-refractivity contribution in [1.82, 2.24) is 4.98 Å². The smallest absolute Gasteiger partial charge is 0.204 e. The molecule has 134 valence electrons. The van der Waals surface area contributed by atoms with Gasteiger partial charge in [0.1, 0.15) is 0 Å². The molecule has 4 rings (SSSR count). The van der Waals surface area contributed by atoms with Crippen molar-refractivity contribution >= 4 is 23.4 Å². The third kappa shape index (κ3) is 4.44. The lowest BCUT2D eigenvalue weighted by atomic mass is 10.0. The second-order valence-corrected chi connectivity index (χ2v) is 7.67. The van der Waals surface area contributed by atoms with Crippen LogP contribution in [0.2, 0.25) is 5.02 Å². The van der Waals surface area contributed by atoms with Crippen molar-refractivity contribution in [1.29, 1.82) is 0 Å². The van der Waals surface area contributed by atoms with Crippen LogP contribution in [0.25, 0.3) is 11.3 Å². The van der Waals surface area contributed by atoms with E-state index < -0.39 is 0 Å². The minimum Gasteiger partial charge on any atom is -0.440 e. The molecule has 27 heavy (non-hydrogen) atoms. The molecule has 1 aromatic heterocycles. The Morgan fingerprint density at radius 1 is 0.815 bits per heavy atom. The minimum absolute atomic E-state index is 0.190. The van der Waals surface area contributed by atoms with Crippen molar-refractivity contribution < 1.29 is 4.42 Å².